The molecule has 0 unspecified atom stereocenters. The van der Waals surface area contributed by atoms with E-state index < -0.39 is 11.7 Å². The van der Waals surface area contributed by atoms with Crippen molar-refractivity contribution in [2.24, 2.45) is 7.05 Å². The number of pyridine rings is 1. The topological polar surface area (TPSA) is 54.3 Å². The van der Waals surface area contributed by atoms with E-state index >= 15 is 0 Å². The smallest absolute Gasteiger partial charge is 0.339 e. The molecule has 2 fully saturated rings. The number of alkyl halides is 3. The average Bonchev–Trinajstić information content (AvgIpc) is 3.24. The molecule has 2 aromatic heterocycles. The zero-order chi connectivity index (χ0) is 23.9. The Balaban J connectivity index is 1.47. The van der Waals surface area contributed by atoms with E-state index in [1.807, 2.05) is 4.90 Å². The fourth-order valence-electron chi connectivity index (χ4n) is 5.27. The van der Waals surface area contributed by atoms with E-state index in [4.69, 9.17) is 0 Å². The SMILES string of the molecule is Cn1ncc2c(C(=O)N3CCC(N4CCCCC4)CC3)cc(-c3ccccc3C(F)(F)F)nc21. The van der Waals surface area contributed by atoms with Crippen molar-refractivity contribution in [3.8, 4) is 11.3 Å². The van der Waals surface area contributed by atoms with Crippen molar-refractivity contribution < 1.29 is 18.0 Å². The predicted molar refractivity (Wildman–Crippen MR) is 123 cm³/mol. The number of aryl methyl sites for hydroxylation is 1. The molecule has 0 radical (unpaired) electrons. The van der Waals surface area contributed by atoms with Crippen LogP contribution in [0.3, 0.4) is 0 Å². The van der Waals surface area contributed by atoms with Crippen LogP contribution in [0.1, 0.15) is 48.0 Å². The molecule has 180 valence electrons. The van der Waals surface area contributed by atoms with Crippen LogP contribution in [0, 0.1) is 0 Å². The van der Waals surface area contributed by atoms with E-state index in [0.29, 0.717) is 35.7 Å². The van der Waals surface area contributed by atoms with Crippen LogP contribution < -0.4 is 0 Å². The third-order valence-electron chi connectivity index (χ3n) is 7.10. The van der Waals surface area contributed by atoms with Crippen LogP contribution in [0.5, 0.6) is 0 Å². The van der Waals surface area contributed by atoms with Crippen LogP contribution in [0.25, 0.3) is 22.3 Å². The van der Waals surface area contributed by atoms with E-state index in [1.54, 1.807) is 19.3 Å². The molecular formula is C25H28F3N5O. The number of aromatic nitrogens is 3. The predicted octanol–water partition coefficient (Wildman–Crippen LogP) is 4.74. The fraction of sp³-hybridized carbons (Fsp3) is 0.480. The molecule has 0 N–H and O–H groups in total. The number of hydrogen-bond acceptors (Lipinski definition) is 4. The monoisotopic (exact) mass is 471 g/mol. The first-order chi connectivity index (χ1) is 16.3. The molecule has 5 rings (SSSR count). The number of piperidine rings is 2. The Kier molecular flexibility index (Phi) is 6.06. The van der Waals surface area contributed by atoms with Gasteiger partial charge in [0.2, 0.25) is 0 Å². The quantitative estimate of drug-likeness (QED) is 0.554. The highest BCUT2D eigenvalue weighted by Crippen LogP contribution is 2.37. The molecule has 3 aromatic rings. The van der Waals surface area contributed by atoms with Gasteiger partial charge in [0, 0.05) is 31.7 Å². The summed E-state index contributed by atoms with van der Waals surface area (Å²) in [5.41, 5.74) is 0.0406. The normalized spacial score (nSPS) is 18.5. The maximum Gasteiger partial charge on any atom is 0.417 e. The van der Waals surface area contributed by atoms with E-state index in [-0.39, 0.29) is 17.2 Å². The number of nitrogens with zero attached hydrogens (tertiary/aromatic N) is 5. The highest BCUT2D eigenvalue weighted by molar-refractivity contribution is 6.06. The first-order valence-electron chi connectivity index (χ1n) is 11.9. The Morgan fingerprint density at radius 1 is 1.03 bits per heavy atom. The Labute approximate surface area is 196 Å². The van der Waals surface area contributed by atoms with Crippen molar-refractivity contribution in [3.05, 3.63) is 47.7 Å². The van der Waals surface area contributed by atoms with Crippen molar-refractivity contribution in [2.45, 2.75) is 44.3 Å². The third-order valence-corrected chi connectivity index (χ3v) is 7.10. The van der Waals surface area contributed by atoms with Crippen molar-refractivity contribution in [3.63, 3.8) is 0 Å². The molecule has 0 aliphatic carbocycles. The van der Waals surface area contributed by atoms with Crippen LogP contribution in [-0.2, 0) is 13.2 Å². The standard InChI is InChI=1S/C25H28F3N5O/c1-31-23-20(16-29-31)19(15-22(30-23)18-7-3-4-8-21(18)25(26,27)28)24(34)33-13-9-17(10-14-33)32-11-5-2-6-12-32/h3-4,7-8,15-17H,2,5-6,9-14H2,1H3. The second-order valence-corrected chi connectivity index (χ2v) is 9.22. The summed E-state index contributed by atoms with van der Waals surface area (Å²) in [5, 5.41) is 4.77. The third kappa shape index (κ3) is 4.29. The van der Waals surface area contributed by atoms with Crippen LogP contribution in [-0.4, -0.2) is 62.7 Å². The van der Waals surface area contributed by atoms with Gasteiger partial charge in [-0.05, 0) is 50.9 Å². The lowest BCUT2D eigenvalue weighted by atomic mass is 9.98. The van der Waals surface area contributed by atoms with Crippen LogP contribution >= 0.6 is 0 Å². The van der Waals surface area contributed by atoms with Crippen LogP contribution in [0.15, 0.2) is 36.5 Å². The number of halogens is 3. The molecule has 0 saturated carbocycles. The summed E-state index contributed by atoms with van der Waals surface area (Å²) in [7, 11) is 1.67. The maximum atomic E-state index is 13.7. The van der Waals surface area contributed by atoms with Crippen molar-refractivity contribution in [2.75, 3.05) is 26.2 Å². The summed E-state index contributed by atoms with van der Waals surface area (Å²) in [6.07, 6.45) is 2.62. The maximum absolute atomic E-state index is 13.7. The van der Waals surface area contributed by atoms with Gasteiger partial charge in [0.15, 0.2) is 5.65 Å². The highest BCUT2D eigenvalue weighted by Gasteiger charge is 2.34. The molecule has 34 heavy (non-hydrogen) atoms. The lowest BCUT2D eigenvalue weighted by molar-refractivity contribution is -0.137. The Hall–Kier alpha value is -2.94. The number of amides is 1. The minimum Gasteiger partial charge on any atom is -0.339 e. The van der Waals surface area contributed by atoms with Crippen LogP contribution in [0.4, 0.5) is 13.2 Å². The molecule has 2 aliphatic rings. The molecule has 0 bridgehead atoms. The van der Waals surface area contributed by atoms with Gasteiger partial charge in [-0.25, -0.2) is 4.98 Å². The lowest BCUT2D eigenvalue weighted by Gasteiger charge is -2.40. The summed E-state index contributed by atoms with van der Waals surface area (Å²) < 4.78 is 42.5. The number of fused-ring (bicyclic) bond motifs is 1. The molecule has 2 aliphatic heterocycles. The second-order valence-electron chi connectivity index (χ2n) is 9.22. The number of carbonyl (C=O) groups is 1. The van der Waals surface area contributed by atoms with Gasteiger partial charge in [-0.15, -0.1) is 0 Å². The molecule has 0 spiro atoms. The van der Waals surface area contributed by atoms with E-state index in [0.717, 1.165) is 32.0 Å². The Morgan fingerprint density at radius 2 is 1.74 bits per heavy atom. The molecule has 9 heteroatoms. The highest BCUT2D eigenvalue weighted by atomic mass is 19.4. The fourth-order valence-corrected chi connectivity index (χ4v) is 5.27. The molecule has 0 atom stereocenters. The van der Waals surface area contributed by atoms with Crippen molar-refractivity contribution in [1.82, 2.24) is 24.6 Å². The minimum absolute atomic E-state index is 0.0454. The molecule has 2 saturated heterocycles. The van der Waals surface area contributed by atoms with Crippen LogP contribution in [0.2, 0.25) is 0 Å². The number of likely N-dealkylation sites (tertiary alicyclic amines) is 2. The first-order valence-corrected chi connectivity index (χ1v) is 11.9. The van der Waals surface area contributed by atoms with E-state index in [2.05, 4.69) is 15.0 Å². The van der Waals surface area contributed by atoms with Gasteiger partial charge in [-0.2, -0.15) is 18.3 Å². The summed E-state index contributed by atoms with van der Waals surface area (Å²) in [6, 6.07) is 7.32. The average molecular weight is 472 g/mol. The number of benzene rings is 1. The van der Waals surface area contributed by atoms with Gasteiger partial charge in [0.05, 0.1) is 28.4 Å². The van der Waals surface area contributed by atoms with E-state index in [9.17, 15) is 18.0 Å². The minimum atomic E-state index is -4.53. The number of rotatable bonds is 3. The van der Waals surface area contributed by atoms with Crippen molar-refractivity contribution in [1.29, 1.82) is 0 Å². The van der Waals surface area contributed by atoms with Gasteiger partial charge in [0.25, 0.3) is 5.91 Å². The molecule has 1 aromatic carbocycles. The first kappa shape index (κ1) is 22.8. The summed E-state index contributed by atoms with van der Waals surface area (Å²) in [4.78, 5) is 22.4. The number of hydrogen-bond donors (Lipinski definition) is 0. The summed E-state index contributed by atoms with van der Waals surface area (Å²) in [5.74, 6) is -0.178. The van der Waals surface area contributed by atoms with Gasteiger partial charge in [-0.1, -0.05) is 24.6 Å². The molecule has 1 amide bonds. The zero-order valence-corrected chi connectivity index (χ0v) is 19.2. The van der Waals surface area contributed by atoms with Gasteiger partial charge in [0.1, 0.15) is 0 Å². The number of carbonyl (C=O) groups excluding carboxylic acids is 1. The van der Waals surface area contributed by atoms with E-state index in [1.165, 1.54) is 42.1 Å². The van der Waals surface area contributed by atoms with Crippen molar-refractivity contribution >= 4 is 16.9 Å². The van der Waals surface area contributed by atoms with Gasteiger partial charge < -0.3 is 9.80 Å². The largest absolute Gasteiger partial charge is 0.417 e. The Bertz CT molecular complexity index is 1190. The Morgan fingerprint density at radius 3 is 2.44 bits per heavy atom. The zero-order valence-electron chi connectivity index (χ0n) is 19.2. The second kappa shape index (κ2) is 9.02. The summed E-state index contributed by atoms with van der Waals surface area (Å²) in [6.45, 7) is 3.53. The lowest BCUT2D eigenvalue weighted by Crippen LogP contribution is -2.48. The molecular weight excluding hydrogens is 443 g/mol. The van der Waals surface area contributed by atoms with Gasteiger partial charge in [-0.3, -0.25) is 9.48 Å². The van der Waals surface area contributed by atoms with Gasteiger partial charge >= 0.3 is 6.18 Å². The summed E-state index contributed by atoms with van der Waals surface area (Å²) >= 11 is 0. The molecule has 4 heterocycles. The molecule has 6 nitrogen and oxygen atoms in total.